The van der Waals surface area contributed by atoms with Crippen LogP contribution in [-0.4, -0.2) is 36.3 Å². The summed E-state index contributed by atoms with van der Waals surface area (Å²) in [7, 11) is 0. The van der Waals surface area contributed by atoms with Crippen molar-refractivity contribution in [3.8, 4) is 0 Å². The molecule has 2 atom stereocenters. The van der Waals surface area contributed by atoms with E-state index >= 15 is 0 Å². The van der Waals surface area contributed by atoms with E-state index in [4.69, 9.17) is 4.74 Å². The van der Waals surface area contributed by atoms with Crippen LogP contribution in [0.25, 0.3) is 0 Å². The van der Waals surface area contributed by atoms with Crippen LogP contribution in [0.15, 0.2) is 0 Å². The largest absolute Gasteiger partial charge is 0.379 e. The Morgan fingerprint density at radius 1 is 1.38 bits per heavy atom. The van der Waals surface area contributed by atoms with E-state index in [1.54, 1.807) is 0 Å². The van der Waals surface area contributed by atoms with Gasteiger partial charge >= 0.3 is 0 Å². The lowest BCUT2D eigenvalue weighted by Crippen LogP contribution is -2.47. The fourth-order valence-electron chi connectivity index (χ4n) is 2.70. The normalized spacial score (nSPS) is 34.7. The molecule has 94 valence electrons. The Hall–Kier alpha value is 0.270. The second-order valence-electron chi connectivity index (χ2n) is 5.91. The Labute approximate surface area is 104 Å². The molecule has 0 spiro atoms. The van der Waals surface area contributed by atoms with Crippen molar-refractivity contribution in [3.63, 3.8) is 0 Å². The molecule has 2 unspecified atom stereocenters. The first kappa shape index (κ1) is 12.7. The van der Waals surface area contributed by atoms with Crippen molar-refractivity contribution in [1.29, 1.82) is 0 Å². The zero-order valence-corrected chi connectivity index (χ0v) is 11.6. The van der Waals surface area contributed by atoms with Gasteiger partial charge in [-0.05, 0) is 31.2 Å². The van der Waals surface area contributed by atoms with Crippen LogP contribution in [0.2, 0.25) is 0 Å². The summed E-state index contributed by atoms with van der Waals surface area (Å²) in [6, 6.07) is 0.726. The van der Waals surface area contributed by atoms with Gasteiger partial charge in [-0.15, -0.1) is 11.8 Å². The molecule has 1 saturated carbocycles. The highest BCUT2D eigenvalue weighted by molar-refractivity contribution is 8.00. The molecule has 1 saturated heterocycles. The number of ether oxygens (including phenoxy) is 1. The van der Waals surface area contributed by atoms with Crippen molar-refractivity contribution in [2.75, 3.05) is 19.8 Å². The second kappa shape index (κ2) is 5.28. The predicted molar refractivity (Wildman–Crippen MR) is 71.1 cm³/mol. The van der Waals surface area contributed by atoms with Gasteiger partial charge in [-0.25, -0.2) is 0 Å². The van der Waals surface area contributed by atoms with E-state index in [9.17, 15) is 0 Å². The molecule has 1 heterocycles. The Morgan fingerprint density at radius 2 is 2.12 bits per heavy atom. The minimum Gasteiger partial charge on any atom is -0.379 e. The Morgan fingerprint density at radius 3 is 2.69 bits per heavy atom. The van der Waals surface area contributed by atoms with Crippen molar-refractivity contribution in [1.82, 2.24) is 5.32 Å². The lowest BCUT2D eigenvalue weighted by atomic mass is 9.75. The van der Waals surface area contributed by atoms with Crippen molar-refractivity contribution < 1.29 is 4.74 Å². The minimum absolute atomic E-state index is 0.536. The van der Waals surface area contributed by atoms with E-state index in [0.717, 1.165) is 36.3 Å². The average molecular weight is 243 g/mol. The van der Waals surface area contributed by atoms with Gasteiger partial charge in [0.2, 0.25) is 0 Å². The number of rotatable bonds is 4. The van der Waals surface area contributed by atoms with Gasteiger partial charge in [0.05, 0.1) is 18.5 Å². The third-order valence-electron chi connectivity index (χ3n) is 3.78. The quantitative estimate of drug-likeness (QED) is 0.820. The van der Waals surface area contributed by atoms with Crippen LogP contribution >= 0.6 is 11.8 Å². The summed E-state index contributed by atoms with van der Waals surface area (Å²) in [5, 5.41) is 5.22. The summed E-state index contributed by atoms with van der Waals surface area (Å²) in [6.45, 7) is 10.1. The summed E-state index contributed by atoms with van der Waals surface area (Å²) in [5.41, 5.74) is 0.536. The smallest absolute Gasteiger partial charge is 0.0608 e. The van der Waals surface area contributed by atoms with Gasteiger partial charge in [0.25, 0.3) is 0 Å². The van der Waals surface area contributed by atoms with E-state index in [1.165, 1.54) is 19.3 Å². The first-order chi connectivity index (χ1) is 7.61. The molecule has 0 aromatic carbocycles. The SMILES string of the molecule is CCNC1CCC(C)(C)CC1SC1COC1. The highest BCUT2D eigenvalue weighted by Crippen LogP contribution is 2.42. The van der Waals surface area contributed by atoms with E-state index in [0.29, 0.717) is 5.41 Å². The first-order valence-electron chi connectivity index (χ1n) is 6.57. The summed E-state index contributed by atoms with van der Waals surface area (Å²) >= 11 is 2.17. The van der Waals surface area contributed by atoms with Gasteiger partial charge in [-0.3, -0.25) is 0 Å². The molecule has 0 radical (unpaired) electrons. The van der Waals surface area contributed by atoms with Crippen LogP contribution in [0.3, 0.4) is 0 Å². The minimum atomic E-state index is 0.536. The van der Waals surface area contributed by atoms with Gasteiger partial charge in [-0.2, -0.15) is 0 Å². The van der Waals surface area contributed by atoms with Gasteiger partial charge < -0.3 is 10.1 Å². The molecule has 2 nitrogen and oxygen atoms in total. The van der Waals surface area contributed by atoms with Crippen LogP contribution in [-0.2, 0) is 4.74 Å². The third kappa shape index (κ3) is 3.14. The summed E-state index contributed by atoms with van der Waals surface area (Å²) in [5.74, 6) is 0. The molecule has 0 aromatic rings. The highest BCUT2D eigenvalue weighted by Gasteiger charge is 2.37. The number of hydrogen-bond acceptors (Lipinski definition) is 3. The molecule has 2 rings (SSSR count). The van der Waals surface area contributed by atoms with Gasteiger partial charge in [0.15, 0.2) is 0 Å². The summed E-state index contributed by atoms with van der Waals surface area (Å²) in [6.07, 6.45) is 4.06. The zero-order valence-electron chi connectivity index (χ0n) is 10.8. The average Bonchev–Trinajstić information content (AvgIpc) is 2.15. The van der Waals surface area contributed by atoms with E-state index in [2.05, 4.69) is 37.8 Å². The zero-order chi connectivity index (χ0) is 11.6. The summed E-state index contributed by atoms with van der Waals surface area (Å²) < 4.78 is 5.28. The Balaban J connectivity index is 1.90. The van der Waals surface area contributed by atoms with E-state index < -0.39 is 0 Å². The molecule has 1 aliphatic heterocycles. The summed E-state index contributed by atoms with van der Waals surface area (Å²) in [4.78, 5) is 0. The molecular formula is C13H25NOS. The van der Waals surface area contributed by atoms with Crippen LogP contribution in [0, 0.1) is 5.41 Å². The van der Waals surface area contributed by atoms with Crippen LogP contribution in [0.4, 0.5) is 0 Å². The number of nitrogens with one attached hydrogen (secondary N) is 1. The maximum atomic E-state index is 5.28. The molecule has 3 heteroatoms. The fourth-order valence-corrected chi connectivity index (χ4v) is 4.51. The molecule has 2 aliphatic rings. The lowest BCUT2D eigenvalue weighted by Gasteiger charge is -2.43. The molecule has 1 N–H and O–H groups in total. The van der Waals surface area contributed by atoms with Gasteiger partial charge in [0, 0.05) is 11.3 Å². The van der Waals surface area contributed by atoms with Crippen molar-refractivity contribution in [2.24, 2.45) is 5.41 Å². The number of hydrogen-bond donors (Lipinski definition) is 1. The molecule has 0 amide bonds. The molecule has 16 heavy (non-hydrogen) atoms. The van der Waals surface area contributed by atoms with Crippen LogP contribution < -0.4 is 5.32 Å². The molecule has 1 aliphatic carbocycles. The Kier molecular flexibility index (Phi) is 4.20. The Bertz CT molecular complexity index is 228. The van der Waals surface area contributed by atoms with E-state index in [1.807, 2.05) is 0 Å². The standard InChI is InChI=1S/C13H25NOS/c1-4-14-11-5-6-13(2,3)7-12(11)16-10-8-15-9-10/h10-12,14H,4-9H2,1-3H3. The topological polar surface area (TPSA) is 21.3 Å². The highest BCUT2D eigenvalue weighted by atomic mass is 32.2. The second-order valence-corrected chi connectivity index (χ2v) is 7.45. The van der Waals surface area contributed by atoms with Crippen molar-refractivity contribution in [2.45, 2.75) is 56.6 Å². The fraction of sp³-hybridized carbons (Fsp3) is 1.00. The van der Waals surface area contributed by atoms with Gasteiger partial charge in [0.1, 0.15) is 0 Å². The third-order valence-corrected chi connectivity index (χ3v) is 5.28. The maximum Gasteiger partial charge on any atom is 0.0608 e. The number of thioether (sulfide) groups is 1. The van der Waals surface area contributed by atoms with E-state index in [-0.39, 0.29) is 0 Å². The van der Waals surface area contributed by atoms with Crippen molar-refractivity contribution >= 4 is 11.8 Å². The first-order valence-corrected chi connectivity index (χ1v) is 7.51. The van der Waals surface area contributed by atoms with Crippen LogP contribution in [0.5, 0.6) is 0 Å². The lowest BCUT2D eigenvalue weighted by molar-refractivity contribution is 0.0448. The van der Waals surface area contributed by atoms with Crippen molar-refractivity contribution in [3.05, 3.63) is 0 Å². The monoisotopic (exact) mass is 243 g/mol. The molecule has 0 aromatic heterocycles. The van der Waals surface area contributed by atoms with Crippen LogP contribution in [0.1, 0.15) is 40.0 Å². The molecular weight excluding hydrogens is 218 g/mol. The maximum absolute atomic E-state index is 5.28. The molecule has 2 fully saturated rings. The van der Waals surface area contributed by atoms with Gasteiger partial charge in [-0.1, -0.05) is 20.8 Å². The molecule has 0 bridgehead atoms. The predicted octanol–water partition coefficient (Wildman–Crippen LogP) is 2.68.